The average molecular weight is 364 g/mol. The van der Waals surface area contributed by atoms with Gasteiger partial charge in [0.05, 0.1) is 5.69 Å². The third-order valence-corrected chi connectivity index (χ3v) is 6.67. The minimum absolute atomic E-state index is 0.176. The molecule has 0 bridgehead atoms. The van der Waals surface area contributed by atoms with Crippen LogP contribution in [0.2, 0.25) is 0 Å². The normalized spacial score (nSPS) is 16.1. The van der Waals surface area contributed by atoms with Gasteiger partial charge in [-0.2, -0.15) is 0 Å². The number of thiophene rings is 1. The van der Waals surface area contributed by atoms with Crippen molar-refractivity contribution in [1.29, 1.82) is 0 Å². The van der Waals surface area contributed by atoms with Crippen LogP contribution in [0.4, 0.5) is 11.4 Å². The van der Waals surface area contributed by atoms with E-state index in [1.54, 1.807) is 0 Å². The summed E-state index contributed by atoms with van der Waals surface area (Å²) >= 11 is 1.82. The molecular weight excluding hydrogens is 334 g/mol. The van der Waals surface area contributed by atoms with Crippen molar-refractivity contribution in [1.82, 2.24) is 0 Å². The zero-order valence-corrected chi connectivity index (χ0v) is 17.0. The zero-order chi connectivity index (χ0) is 18.1. The molecule has 0 atom stereocenters. The maximum Gasteiger partial charge on any atom is 0.0573 e. The number of benzene rings is 2. The van der Waals surface area contributed by atoms with Gasteiger partial charge in [0.1, 0.15) is 0 Å². The van der Waals surface area contributed by atoms with Crippen molar-refractivity contribution in [3.05, 3.63) is 59.0 Å². The van der Waals surface area contributed by atoms with Crippen molar-refractivity contribution in [3.8, 4) is 0 Å². The van der Waals surface area contributed by atoms with E-state index in [0.717, 1.165) is 5.92 Å². The Kier molecular flexibility index (Phi) is 4.79. The van der Waals surface area contributed by atoms with Crippen molar-refractivity contribution in [2.45, 2.75) is 64.2 Å². The van der Waals surface area contributed by atoms with Crippen molar-refractivity contribution < 1.29 is 0 Å². The predicted molar refractivity (Wildman–Crippen MR) is 116 cm³/mol. The van der Waals surface area contributed by atoms with E-state index in [0.29, 0.717) is 0 Å². The Morgan fingerprint density at radius 3 is 2.35 bits per heavy atom. The molecule has 0 radical (unpaired) electrons. The van der Waals surface area contributed by atoms with Gasteiger partial charge in [-0.15, -0.1) is 11.3 Å². The van der Waals surface area contributed by atoms with Gasteiger partial charge in [0.15, 0.2) is 0 Å². The lowest BCUT2D eigenvalue weighted by Gasteiger charge is -2.22. The van der Waals surface area contributed by atoms with E-state index in [1.165, 1.54) is 64.7 Å². The molecule has 26 heavy (non-hydrogen) atoms. The van der Waals surface area contributed by atoms with Gasteiger partial charge in [-0.1, -0.05) is 58.2 Å². The van der Waals surface area contributed by atoms with E-state index in [-0.39, 0.29) is 5.41 Å². The predicted octanol–water partition coefficient (Wildman–Crippen LogP) is 7.99. The summed E-state index contributed by atoms with van der Waals surface area (Å²) in [6.45, 7) is 6.83. The molecule has 3 aromatic rings. The van der Waals surface area contributed by atoms with Crippen LogP contribution in [-0.2, 0) is 5.41 Å². The summed E-state index contributed by atoms with van der Waals surface area (Å²) < 4.78 is 1.35. The second-order valence-corrected chi connectivity index (χ2v) is 9.60. The maximum absolute atomic E-state index is 3.65. The Morgan fingerprint density at radius 2 is 1.65 bits per heavy atom. The minimum Gasteiger partial charge on any atom is -0.354 e. The highest BCUT2D eigenvalue weighted by atomic mass is 32.1. The summed E-state index contributed by atoms with van der Waals surface area (Å²) in [4.78, 5) is 0. The highest BCUT2D eigenvalue weighted by Crippen LogP contribution is 2.37. The van der Waals surface area contributed by atoms with Crippen LogP contribution in [-0.4, -0.2) is 0 Å². The third-order valence-electron chi connectivity index (χ3n) is 5.71. The highest BCUT2D eigenvalue weighted by Gasteiger charge is 2.16. The molecule has 1 aliphatic rings. The molecule has 2 heteroatoms. The molecule has 1 aliphatic carbocycles. The molecule has 1 heterocycles. The van der Waals surface area contributed by atoms with E-state index >= 15 is 0 Å². The standard InChI is InChI=1S/C24H29NS/c1-24(2,3)19-11-14-23-21(15-19)22(16-26-23)25-20-12-9-18(10-13-20)17-7-5-4-6-8-17/h9-17,25H,4-8H2,1-3H3. The fraction of sp³-hybridized carbons (Fsp3) is 0.417. The van der Waals surface area contributed by atoms with Crippen molar-refractivity contribution in [3.63, 3.8) is 0 Å². The highest BCUT2D eigenvalue weighted by molar-refractivity contribution is 7.17. The number of anilines is 2. The monoisotopic (exact) mass is 363 g/mol. The van der Waals surface area contributed by atoms with Crippen LogP contribution in [0, 0.1) is 0 Å². The second kappa shape index (κ2) is 7.08. The van der Waals surface area contributed by atoms with Crippen molar-refractivity contribution >= 4 is 32.8 Å². The lowest BCUT2D eigenvalue weighted by atomic mass is 9.84. The van der Waals surface area contributed by atoms with E-state index in [4.69, 9.17) is 0 Å². The van der Waals surface area contributed by atoms with Crippen LogP contribution in [0.3, 0.4) is 0 Å². The molecular formula is C24H29NS. The fourth-order valence-electron chi connectivity index (χ4n) is 4.02. The van der Waals surface area contributed by atoms with E-state index in [1.807, 2.05) is 11.3 Å². The van der Waals surface area contributed by atoms with Gasteiger partial charge < -0.3 is 5.32 Å². The number of hydrogen-bond donors (Lipinski definition) is 1. The van der Waals surface area contributed by atoms with Crippen LogP contribution in [0.1, 0.15) is 69.9 Å². The summed E-state index contributed by atoms with van der Waals surface area (Å²) in [6, 6.07) is 16.0. The smallest absolute Gasteiger partial charge is 0.0573 e. The Labute approximate surface area is 161 Å². The molecule has 4 rings (SSSR count). The van der Waals surface area contributed by atoms with Crippen LogP contribution in [0.5, 0.6) is 0 Å². The van der Waals surface area contributed by atoms with E-state index in [9.17, 15) is 0 Å². The number of hydrogen-bond acceptors (Lipinski definition) is 2. The van der Waals surface area contributed by atoms with Gasteiger partial charge >= 0.3 is 0 Å². The molecule has 1 nitrogen and oxygen atoms in total. The Balaban J connectivity index is 1.57. The van der Waals surface area contributed by atoms with Gasteiger partial charge in [0, 0.05) is 21.2 Å². The first-order chi connectivity index (χ1) is 12.5. The van der Waals surface area contributed by atoms with Crippen LogP contribution >= 0.6 is 11.3 Å². The fourth-order valence-corrected chi connectivity index (χ4v) is 4.90. The zero-order valence-electron chi connectivity index (χ0n) is 16.1. The molecule has 0 aliphatic heterocycles. The summed E-state index contributed by atoms with van der Waals surface area (Å²) in [6.07, 6.45) is 6.91. The van der Waals surface area contributed by atoms with Gasteiger partial charge in [-0.25, -0.2) is 0 Å². The molecule has 1 fully saturated rings. The SMILES string of the molecule is CC(C)(C)c1ccc2scc(Nc3ccc(C4CCCCC4)cc3)c2c1. The van der Waals surface area contributed by atoms with E-state index < -0.39 is 0 Å². The topological polar surface area (TPSA) is 12.0 Å². The first kappa shape index (κ1) is 17.6. The average Bonchev–Trinajstić information content (AvgIpc) is 3.05. The van der Waals surface area contributed by atoms with Gasteiger partial charge in [-0.3, -0.25) is 0 Å². The first-order valence-corrected chi connectivity index (χ1v) is 10.8. The molecule has 0 saturated heterocycles. The van der Waals surface area contributed by atoms with Crippen molar-refractivity contribution in [2.24, 2.45) is 0 Å². The second-order valence-electron chi connectivity index (χ2n) is 8.69. The van der Waals surface area contributed by atoms with Crippen LogP contribution in [0.15, 0.2) is 47.8 Å². The first-order valence-electron chi connectivity index (χ1n) is 9.89. The minimum atomic E-state index is 0.176. The lowest BCUT2D eigenvalue weighted by molar-refractivity contribution is 0.443. The third kappa shape index (κ3) is 3.66. The molecule has 0 unspecified atom stereocenters. The van der Waals surface area contributed by atoms with Gasteiger partial charge in [-0.05, 0) is 59.6 Å². The Bertz CT molecular complexity index is 877. The molecule has 1 saturated carbocycles. The molecule has 1 N–H and O–H groups in total. The van der Waals surface area contributed by atoms with Crippen LogP contribution in [0.25, 0.3) is 10.1 Å². The molecule has 1 aromatic heterocycles. The summed E-state index contributed by atoms with van der Waals surface area (Å²) in [5, 5.41) is 7.22. The number of nitrogens with one attached hydrogen (secondary N) is 1. The summed E-state index contributed by atoms with van der Waals surface area (Å²) in [5.74, 6) is 0.772. The number of fused-ring (bicyclic) bond motifs is 1. The largest absolute Gasteiger partial charge is 0.354 e. The summed E-state index contributed by atoms with van der Waals surface area (Å²) in [7, 11) is 0. The lowest BCUT2D eigenvalue weighted by Crippen LogP contribution is -2.10. The summed E-state index contributed by atoms with van der Waals surface area (Å²) in [5.41, 5.74) is 5.49. The molecule has 0 spiro atoms. The van der Waals surface area contributed by atoms with Crippen molar-refractivity contribution in [2.75, 3.05) is 5.32 Å². The quantitative estimate of drug-likeness (QED) is 0.497. The van der Waals surface area contributed by atoms with Crippen LogP contribution < -0.4 is 5.32 Å². The van der Waals surface area contributed by atoms with E-state index in [2.05, 4.69) is 73.9 Å². The van der Waals surface area contributed by atoms with Gasteiger partial charge in [0.25, 0.3) is 0 Å². The molecule has 136 valence electrons. The molecule has 0 amide bonds. The molecule has 2 aromatic carbocycles. The Hall–Kier alpha value is -1.80. The Morgan fingerprint density at radius 1 is 0.923 bits per heavy atom. The number of rotatable bonds is 3. The maximum atomic E-state index is 3.65. The van der Waals surface area contributed by atoms with Gasteiger partial charge in [0.2, 0.25) is 0 Å².